The molecule has 0 saturated heterocycles. The van der Waals surface area contributed by atoms with E-state index in [2.05, 4.69) is 6.92 Å². The molecule has 4 rings (SSSR count). The van der Waals surface area contributed by atoms with Crippen molar-refractivity contribution in [1.29, 1.82) is 0 Å². The zero-order chi connectivity index (χ0) is 23.7. The third-order valence-corrected chi connectivity index (χ3v) is 8.19. The third kappa shape index (κ3) is 4.74. The van der Waals surface area contributed by atoms with E-state index in [4.69, 9.17) is 0 Å². The molecule has 2 aliphatic rings. The number of halogens is 4. The van der Waals surface area contributed by atoms with E-state index in [0.717, 1.165) is 24.7 Å². The van der Waals surface area contributed by atoms with Crippen LogP contribution < -0.4 is 0 Å². The standard InChI is InChI=1S/C28H32F4O/c1-3-17-5-7-18(8-6-17)19-9-11-20(12-10-19)28(33)23-15-14-22(26(31)27(23)32)21-13-4-16(2)24(29)25(21)30/h4,13-15,17-20H,3,5-12H2,1-2H3. The molecule has 0 spiro atoms. The van der Waals surface area contributed by atoms with Crippen LogP contribution in [-0.4, -0.2) is 5.78 Å². The van der Waals surface area contributed by atoms with E-state index < -0.39 is 23.3 Å². The fourth-order valence-corrected chi connectivity index (χ4v) is 5.94. The number of aryl methyl sites for hydroxylation is 1. The summed E-state index contributed by atoms with van der Waals surface area (Å²) in [4.78, 5) is 13.0. The maximum Gasteiger partial charge on any atom is 0.170 e. The van der Waals surface area contributed by atoms with Gasteiger partial charge in [0.2, 0.25) is 0 Å². The van der Waals surface area contributed by atoms with E-state index >= 15 is 0 Å². The van der Waals surface area contributed by atoms with Gasteiger partial charge in [-0.25, -0.2) is 17.6 Å². The second kappa shape index (κ2) is 9.99. The zero-order valence-corrected chi connectivity index (χ0v) is 19.4. The van der Waals surface area contributed by atoms with Gasteiger partial charge in [0.1, 0.15) is 0 Å². The fourth-order valence-electron chi connectivity index (χ4n) is 5.94. The fraction of sp³-hybridized carbons (Fsp3) is 0.536. The van der Waals surface area contributed by atoms with Crippen molar-refractivity contribution in [2.24, 2.45) is 23.7 Å². The van der Waals surface area contributed by atoms with E-state index in [-0.39, 0.29) is 34.0 Å². The quantitative estimate of drug-likeness (QED) is 0.323. The molecule has 2 aromatic carbocycles. The van der Waals surface area contributed by atoms with Gasteiger partial charge in [0.15, 0.2) is 29.1 Å². The van der Waals surface area contributed by atoms with Crippen LogP contribution in [0.2, 0.25) is 0 Å². The normalized spacial score (nSPS) is 25.8. The van der Waals surface area contributed by atoms with Gasteiger partial charge in [0, 0.05) is 17.0 Å². The van der Waals surface area contributed by atoms with Crippen LogP contribution in [0.5, 0.6) is 0 Å². The summed E-state index contributed by atoms with van der Waals surface area (Å²) in [5.74, 6) is -3.42. The Bertz CT molecular complexity index is 1020. The Balaban J connectivity index is 1.45. The van der Waals surface area contributed by atoms with Gasteiger partial charge < -0.3 is 0 Å². The Labute approximate surface area is 193 Å². The second-order valence-electron chi connectivity index (χ2n) is 10.0. The lowest BCUT2D eigenvalue weighted by Gasteiger charge is -2.37. The first-order valence-corrected chi connectivity index (χ1v) is 12.3. The Kier molecular flexibility index (Phi) is 7.25. The molecule has 0 aliphatic heterocycles. The summed E-state index contributed by atoms with van der Waals surface area (Å²) in [6.45, 7) is 3.65. The van der Waals surface area contributed by atoms with E-state index in [9.17, 15) is 22.4 Å². The van der Waals surface area contributed by atoms with E-state index in [0.29, 0.717) is 18.8 Å². The molecule has 0 amide bonds. The number of ketones is 1. The Morgan fingerprint density at radius 1 is 0.727 bits per heavy atom. The summed E-state index contributed by atoms with van der Waals surface area (Å²) in [5, 5.41) is 0. The van der Waals surface area contributed by atoms with Crippen molar-refractivity contribution in [3.63, 3.8) is 0 Å². The van der Waals surface area contributed by atoms with Crippen molar-refractivity contribution in [1.82, 2.24) is 0 Å². The lowest BCUT2D eigenvalue weighted by Crippen LogP contribution is -2.28. The molecule has 0 N–H and O–H groups in total. The minimum atomic E-state index is -1.32. The highest BCUT2D eigenvalue weighted by Crippen LogP contribution is 2.43. The summed E-state index contributed by atoms with van der Waals surface area (Å²) >= 11 is 0. The van der Waals surface area contributed by atoms with Crippen molar-refractivity contribution >= 4 is 5.78 Å². The first kappa shape index (κ1) is 24.0. The largest absolute Gasteiger partial charge is 0.294 e. The number of carbonyl (C=O) groups is 1. The van der Waals surface area contributed by atoms with Crippen molar-refractivity contribution in [2.45, 2.75) is 71.6 Å². The molecule has 0 aromatic heterocycles. The monoisotopic (exact) mass is 460 g/mol. The van der Waals surface area contributed by atoms with Gasteiger partial charge in [-0.05, 0) is 74.8 Å². The van der Waals surface area contributed by atoms with E-state index in [1.807, 2.05) is 0 Å². The summed E-state index contributed by atoms with van der Waals surface area (Å²) in [7, 11) is 0. The van der Waals surface area contributed by atoms with Gasteiger partial charge in [-0.15, -0.1) is 0 Å². The van der Waals surface area contributed by atoms with Gasteiger partial charge in [-0.1, -0.05) is 44.4 Å². The van der Waals surface area contributed by atoms with Crippen LogP contribution in [0.3, 0.4) is 0 Å². The Morgan fingerprint density at radius 3 is 1.82 bits per heavy atom. The minimum absolute atomic E-state index is 0.0814. The number of benzene rings is 2. The van der Waals surface area contributed by atoms with Gasteiger partial charge in [0.05, 0.1) is 5.56 Å². The van der Waals surface area contributed by atoms with Crippen LogP contribution in [0.15, 0.2) is 24.3 Å². The molecule has 2 fully saturated rings. The highest BCUT2D eigenvalue weighted by molar-refractivity contribution is 5.98. The second-order valence-corrected chi connectivity index (χ2v) is 10.0. The van der Waals surface area contributed by atoms with Crippen LogP contribution in [0, 0.1) is 53.9 Å². The topological polar surface area (TPSA) is 17.1 Å². The van der Waals surface area contributed by atoms with Crippen LogP contribution in [0.4, 0.5) is 17.6 Å². The molecule has 1 nitrogen and oxygen atoms in total. The molecular formula is C28H32F4O. The molecule has 178 valence electrons. The first-order chi connectivity index (χ1) is 15.8. The molecule has 5 heteroatoms. The minimum Gasteiger partial charge on any atom is -0.294 e. The number of hydrogen-bond acceptors (Lipinski definition) is 1. The molecule has 2 aliphatic carbocycles. The van der Waals surface area contributed by atoms with Crippen molar-refractivity contribution in [2.75, 3.05) is 0 Å². The van der Waals surface area contributed by atoms with Gasteiger partial charge in [-0.2, -0.15) is 0 Å². The predicted octanol–water partition coefficient (Wildman–Crippen LogP) is 8.42. The van der Waals surface area contributed by atoms with Crippen LogP contribution in [0.1, 0.15) is 80.6 Å². The van der Waals surface area contributed by atoms with Gasteiger partial charge in [0.25, 0.3) is 0 Å². The molecule has 0 radical (unpaired) electrons. The molecule has 0 heterocycles. The van der Waals surface area contributed by atoms with Crippen molar-refractivity contribution < 1.29 is 22.4 Å². The number of carbonyl (C=O) groups excluding carboxylic acids is 1. The highest BCUT2D eigenvalue weighted by atomic mass is 19.2. The molecule has 0 unspecified atom stereocenters. The zero-order valence-electron chi connectivity index (χ0n) is 19.4. The van der Waals surface area contributed by atoms with E-state index in [1.54, 1.807) is 0 Å². The lowest BCUT2D eigenvalue weighted by atomic mass is 9.68. The lowest BCUT2D eigenvalue weighted by molar-refractivity contribution is 0.0824. The van der Waals surface area contributed by atoms with Crippen LogP contribution in [-0.2, 0) is 0 Å². The van der Waals surface area contributed by atoms with E-state index in [1.165, 1.54) is 63.3 Å². The SMILES string of the molecule is CCC1CCC(C2CCC(C(=O)c3ccc(-c4ccc(C)c(F)c4F)c(F)c3F)CC2)CC1. The first-order valence-electron chi connectivity index (χ1n) is 12.3. The summed E-state index contributed by atoms with van der Waals surface area (Å²) in [5.41, 5.74) is -0.951. The van der Waals surface area contributed by atoms with Gasteiger partial charge in [-0.3, -0.25) is 4.79 Å². The van der Waals surface area contributed by atoms with Crippen molar-refractivity contribution in [3.05, 3.63) is 58.7 Å². The summed E-state index contributed by atoms with van der Waals surface area (Å²) in [6.07, 6.45) is 9.65. The summed E-state index contributed by atoms with van der Waals surface area (Å²) in [6, 6.07) is 4.93. The molecule has 2 aromatic rings. The smallest absolute Gasteiger partial charge is 0.170 e. The average molecular weight is 461 g/mol. The maximum absolute atomic E-state index is 14.9. The van der Waals surface area contributed by atoms with Crippen molar-refractivity contribution in [3.8, 4) is 11.1 Å². The summed E-state index contributed by atoms with van der Waals surface area (Å²) < 4.78 is 58.0. The third-order valence-electron chi connectivity index (χ3n) is 8.19. The Morgan fingerprint density at radius 2 is 1.24 bits per heavy atom. The highest BCUT2D eigenvalue weighted by Gasteiger charge is 2.34. The number of rotatable bonds is 5. The molecule has 0 bridgehead atoms. The predicted molar refractivity (Wildman–Crippen MR) is 122 cm³/mol. The maximum atomic E-state index is 14.9. The molecule has 33 heavy (non-hydrogen) atoms. The molecule has 0 atom stereocenters. The Hall–Kier alpha value is -2.17. The number of hydrogen-bond donors (Lipinski definition) is 0. The number of Topliss-reactive ketones (excluding diaryl/α,β-unsaturated/α-hetero) is 1. The van der Waals surface area contributed by atoms with Crippen LogP contribution in [0.25, 0.3) is 11.1 Å². The molecule has 2 saturated carbocycles. The molecular weight excluding hydrogens is 428 g/mol. The average Bonchev–Trinajstić information content (AvgIpc) is 2.84. The van der Waals surface area contributed by atoms with Gasteiger partial charge >= 0.3 is 0 Å². The van der Waals surface area contributed by atoms with Crippen LogP contribution >= 0.6 is 0 Å².